The van der Waals surface area contributed by atoms with Gasteiger partial charge in [0, 0.05) is 34.5 Å². The first kappa shape index (κ1) is 32.4. The molecule has 0 saturated carbocycles. The molecule has 4 heterocycles. The van der Waals surface area contributed by atoms with Crippen LogP contribution < -0.4 is 0 Å². The van der Waals surface area contributed by atoms with E-state index in [1.807, 2.05) is 78.9 Å². The van der Waals surface area contributed by atoms with Crippen LogP contribution >= 0.6 is 0 Å². The molecule has 4 aromatic heterocycles. The Morgan fingerprint density at radius 3 is 1.62 bits per heavy atom. The first-order valence-electron chi connectivity index (χ1n) is 18.3. The van der Waals surface area contributed by atoms with Crippen LogP contribution in [0.5, 0.6) is 0 Å². The van der Waals surface area contributed by atoms with Gasteiger partial charge < -0.3 is 0 Å². The van der Waals surface area contributed by atoms with Crippen molar-refractivity contribution in [3.63, 3.8) is 0 Å². The average molecular weight is 708 g/mol. The van der Waals surface area contributed by atoms with Crippen LogP contribution in [0.3, 0.4) is 0 Å². The third-order valence-corrected chi connectivity index (χ3v) is 10.4. The lowest BCUT2D eigenvalue weighted by Crippen LogP contribution is -2.15. The van der Waals surface area contributed by atoms with Gasteiger partial charge in [-0.3, -0.25) is 9.97 Å². The van der Waals surface area contributed by atoms with Gasteiger partial charge in [0.25, 0.3) is 0 Å². The summed E-state index contributed by atoms with van der Waals surface area (Å²) in [5, 5.41) is 0. The minimum atomic E-state index is -0.142. The van der Waals surface area contributed by atoms with Gasteiger partial charge >= 0.3 is 0 Å². The van der Waals surface area contributed by atoms with Crippen LogP contribution in [0, 0.1) is 0 Å². The van der Waals surface area contributed by atoms with E-state index in [9.17, 15) is 0 Å². The molecule has 0 fully saturated rings. The van der Waals surface area contributed by atoms with E-state index in [2.05, 4.69) is 96.6 Å². The van der Waals surface area contributed by atoms with E-state index in [1.54, 1.807) is 12.4 Å². The topological polar surface area (TPSA) is 90.2 Å². The largest absolute Gasteiger partial charge is 0.255 e. The molecule has 0 atom stereocenters. The highest BCUT2D eigenvalue weighted by molar-refractivity contribution is 5.88. The highest BCUT2D eigenvalue weighted by atomic mass is 15.0. The van der Waals surface area contributed by atoms with E-state index in [0.717, 1.165) is 50.2 Å². The van der Waals surface area contributed by atoms with Crippen molar-refractivity contribution in [1.82, 2.24) is 34.9 Å². The molecular formula is C48H33N7. The smallest absolute Gasteiger partial charge is 0.164 e. The van der Waals surface area contributed by atoms with E-state index < -0.39 is 0 Å². The first-order valence-corrected chi connectivity index (χ1v) is 18.3. The Balaban J connectivity index is 1.08. The average Bonchev–Trinajstić information content (AvgIpc) is 3.49. The number of aromatic nitrogens is 7. The number of rotatable bonds is 6. The van der Waals surface area contributed by atoms with Crippen molar-refractivity contribution in [3.8, 4) is 79.2 Å². The summed E-state index contributed by atoms with van der Waals surface area (Å²) < 4.78 is 0. The zero-order valence-corrected chi connectivity index (χ0v) is 30.2. The third-order valence-electron chi connectivity index (χ3n) is 10.4. The van der Waals surface area contributed by atoms with Crippen molar-refractivity contribution in [2.45, 2.75) is 19.3 Å². The van der Waals surface area contributed by atoms with E-state index in [0.29, 0.717) is 28.9 Å². The summed E-state index contributed by atoms with van der Waals surface area (Å²) in [4.78, 5) is 34.6. The molecule has 0 amide bonds. The molecule has 7 nitrogen and oxygen atoms in total. The fourth-order valence-electron chi connectivity index (χ4n) is 7.63. The Kier molecular flexibility index (Phi) is 7.66. The van der Waals surface area contributed by atoms with Gasteiger partial charge in [0.05, 0.1) is 22.4 Å². The fourth-order valence-corrected chi connectivity index (χ4v) is 7.63. The second-order valence-corrected chi connectivity index (χ2v) is 14.2. The summed E-state index contributed by atoms with van der Waals surface area (Å²) >= 11 is 0. The lowest BCUT2D eigenvalue weighted by atomic mass is 9.82. The number of benzene rings is 5. The van der Waals surface area contributed by atoms with Crippen LogP contribution in [0.25, 0.3) is 90.2 Å². The normalized spacial score (nSPS) is 12.7. The molecule has 9 aromatic rings. The Morgan fingerprint density at radius 1 is 0.364 bits per heavy atom. The van der Waals surface area contributed by atoms with Crippen molar-refractivity contribution in [1.29, 1.82) is 0 Å². The van der Waals surface area contributed by atoms with Gasteiger partial charge in [-0.15, -0.1) is 0 Å². The maximum atomic E-state index is 5.13. The summed E-state index contributed by atoms with van der Waals surface area (Å²) in [5.41, 5.74) is 14.2. The van der Waals surface area contributed by atoms with Gasteiger partial charge in [-0.05, 0) is 81.9 Å². The van der Waals surface area contributed by atoms with Gasteiger partial charge in [0.2, 0.25) is 0 Å². The third kappa shape index (κ3) is 5.74. The van der Waals surface area contributed by atoms with Crippen molar-refractivity contribution >= 4 is 11.0 Å². The Labute approximate surface area is 318 Å². The summed E-state index contributed by atoms with van der Waals surface area (Å²) in [6, 6.07) is 51.5. The standard InChI is InChI=1S/C48H33N7/c1-48(2)37-18-7-6-17-35(37)36-23-21-34(28-38(36)48)47-54-45(30-13-4-3-5-14-30)53-46(55-47)33-16-12-15-31(27-33)32-22-24-39-42(29-32)52-44(41-20-9-11-26-50-41)43(51-39)40-19-8-10-25-49-40/h3-29H,1-2H3. The Bertz CT molecular complexity index is 2890. The Hall–Kier alpha value is -7.25. The second-order valence-electron chi connectivity index (χ2n) is 14.2. The maximum absolute atomic E-state index is 5.13. The fraction of sp³-hybridized carbons (Fsp3) is 0.0625. The highest BCUT2D eigenvalue weighted by Gasteiger charge is 2.35. The molecule has 0 N–H and O–H groups in total. The van der Waals surface area contributed by atoms with E-state index in [4.69, 9.17) is 24.9 Å². The zero-order chi connectivity index (χ0) is 36.9. The lowest BCUT2D eigenvalue weighted by molar-refractivity contribution is 0.660. The number of hydrogen-bond donors (Lipinski definition) is 0. The molecular weight excluding hydrogens is 675 g/mol. The van der Waals surface area contributed by atoms with Crippen molar-refractivity contribution in [2.75, 3.05) is 0 Å². The predicted octanol–water partition coefficient (Wildman–Crippen LogP) is 10.9. The van der Waals surface area contributed by atoms with Crippen LogP contribution in [0.4, 0.5) is 0 Å². The number of fused-ring (bicyclic) bond motifs is 4. The van der Waals surface area contributed by atoms with Crippen molar-refractivity contribution in [2.24, 2.45) is 0 Å². The molecule has 0 saturated heterocycles. The number of pyridine rings is 2. The molecule has 0 aliphatic heterocycles. The number of hydrogen-bond acceptors (Lipinski definition) is 7. The highest BCUT2D eigenvalue weighted by Crippen LogP contribution is 2.49. The predicted molar refractivity (Wildman–Crippen MR) is 219 cm³/mol. The SMILES string of the molecule is CC1(C)c2ccccc2-c2ccc(-c3nc(-c4ccccc4)nc(-c4cccc(-c5ccc6nc(-c7ccccn7)c(-c7ccccn7)nc6c5)c4)n3)cc21. The Morgan fingerprint density at radius 2 is 0.909 bits per heavy atom. The molecule has 1 aliphatic carbocycles. The molecule has 260 valence electrons. The second kappa shape index (κ2) is 13.0. The lowest BCUT2D eigenvalue weighted by Gasteiger charge is -2.21. The molecule has 0 radical (unpaired) electrons. The van der Waals surface area contributed by atoms with E-state index >= 15 is 0 Å². The molecule has 0 unspecified atom stereocenters. The molecule has 10 rings (SSSR count). The monoisotopic (exact) mass is 707 g/mol. The van der Waals surface area contributed by atoms with Crippen LogP contribution in [-0.2, 0) is 5.41 Å². The molecule has 1 aliphatic rings. The van der Waals surface area contributed by atoms with E-state index in [1.165, 1.54) is 22.3 Å². The molecule has 7 heteroatoms. The molecule has 5 aromatic carbocycles. The summed E-state index contributed by atoms with van der Waals surface area (Å²) in [5.74, 6) is 1.86. The van der Waals surface area contributed by atoms with Gasteiger partial charge in [-0.1, -0.05) is 117 Å². The van der Waals surface area contributed by atoms with Gasteiger partial charge in [-0.25, -0.2) is 24.9 Å². The molecule has 0 spiro atoms. The van der Waals surface area contributed by atoms with Gasteiger partial charge in [0.1, 0.15) is 11.4 Å². The van der Waals surface area contributed by atoms with Gasteiger partial charge in [0.15, 0.2) is 17.5 Å². The zero-order valence-electron chi connectivity index (χ0n) is 30.2. The minimum absolute atomic E-state index is 0.142. The van der Waals surface area contributed by atoms with Gasteiger partial charge in [-0.2, -0.15) is 0 Å². The number of nitrogens with zero attached hydrogens (tertiary/aromatic N) is 7. The van der Waals surface area contributed by atoms with Crippen LogP contribution in [0.15, 0.2) is 164 Å². The van der Waals surface area contributed by atoms with E-state index in [-0.39, 0.29) is 5.41 Å². The van der Waals surface area contributed by atoms with Crippen molar-refractivity contribution < 1.29 is 0 Å². The van der Waals surface area contributed by atoms with Crippen LogP contribution in [0.1, 0.15) is 25.0 Å². The van der Waals surface area contributed by atoms with Crippen molar-refractivity contribution in [3.05, 3.63) is 175 Å². The maximum Gasteiger partial charge on any atom is 0.164 e. The minimum Gasteiger partial charge on any atom is -0.255 e. The first-order chi connectivity index (χ1) is 27.0. The summed E-state index contributed by atoms with van der Waals surface area (Å²) in [6.45, 7) is 4.58. The quantitative estimate of drug-likeness (QED) is 0.170. The van der Waals surface area contributed by atoms with Crippen LogP contribution in [-0.4, -0.2) is 34.9 Å². The summed E-state index contributed by atoms with van der Waals surface area (Å²) in [7, 11) is 0. The summed E-state index contributed by atoms with van der Waals surface area (Å²) in [6.07, 6.45) is 3.54. The molecule has 55 heavy (non-hydrogen) atoms. The van der Waals surface area contributed by atoms with Crippen LogP contribution in [0.2, 0.25) is 0 Å². The molecule has 0 bridgehead atoms.